The molecule has 7 nitrogen and oxygen atoms in total. The van der Waals surface area contributed by atoms with Gasteiger partial charge in [0.05, 0.1) is 6.10 Å². The van der Waals surface area contributed by atoms with Gasteiger partial charge in [-0.15, -0.1) is 0 Å². The minimum atomic E-state index is -0.316. The van der Waals surface area contributed by atoms with Gasteiger partial charge in [0.25, 0.3) is 0 Å². The maximum atomic E-state index is 9.99. The summed E-state index contributed by atoms with van der Waals surface area (Å²) < 4.78 is 0. The summed E-state index contributed by atoms with van der Waals surface area (Å²) in [6.45, 7) is 5.27. The van der Waals surface area contributed by atoms with Crippen molar-refractivity contribution in [1.29, 1.82) is 0 Å². The minimum absolute atomic E-state index is 0.249. The van der Waals surface area contributed by atoms with Gasteiger partial charge in [0.15, 0.2) is 0 Å². The van der Waals surface area contributed by atoms with Crippen molar-refractivity contribution in [2.45, 2.75) is 32.4 Å². The van der Waals surface area contributed by atoms with Gasteiger partial charge in [-0.2, -0.15) is 0 Å². The zero-order valence-corrected chi connectivity index (χ0v) is 12.6. The van der Waals surface area contributed by atoms with Gasteiger partial charge in [0, 0.05) is 24.7 Å². The Bertz CT molecular complexity index is 478. The average molecular weight is 280 g/mol. The summed E-state index contributed by atoms with van der Waals surface area (Å²) in [4.78, 5) is 13.1. The molecule has 0 radical (unpaired) electrons. The second-order valence-corrected chi connectivity index (χ2v) is 5.67. The Morgan fingerprint density at radius 3 is 2.70 bits per heavy atom. The van der Waals surface area contributed by atoms with Crippen LogP contribution in [-0.4, -0.2) is 59.3 Å². The number of likely N-dealkylation sites (N-methyl/N-ethyl adjacent to an activating group) is 1. The molecule has 1 aromatic heterocycles. The normalized spacial score (nSPS) is 22.6. The van der Waals surface area contributed by atoms with E-state index in [2.05, 4.69) is 25.2 Å². The van der Waals surface area contributed by atoms with Crippen molar-refractivity contribution in [3.8, 4) is 0 Å². The van der Waals surface area contributed by atoms with E-state index in [1.54, 1.807) is 0 Å². The van der Waals surface area contributed by atoms with Gasteiger partial charge in [-0.3, -0.25) is 0 Å². The van der Waals surface area contributed by atoms with Gasteiger partial charge in [0.2, 0.25) is 0 Å². The van der Waals surface area contributed by atoms with Gasteiger partial charge < -0.3 is 20.3 Å². The number of β-amino-alcohol motifs (C(OH)–C–C–N with tert-alkyl or cyclic N) is 1. The number of hydrazine groups is 1. The largest absolute Gasteiger partial charge is 0.391 e. The van der Waals surface area contributed by atoms with Crippen LogP contribution in [0.15, 0.2) is 0 Å². The van der Waals surface area contributed by atoms with E-state index in [1.807, 2.05) is 27.9 Å². The second-order valence-electron chi connectivity index (χ2n) is 5.67. The summed E-state index contributed by atoms with van der Waals surface area (Å²) in [5, 5.41) is 9.99. The van der Waals surface area contributed by atoms with Crippen molar-refractivity contribution in [2.75, 3.05) is 37.5 Å². The van der Waals surface area contributed by atoms with Crippen molar-refractivity contribution >= 4 is 11.6 Å². The van der Waals surface area contributed by atoms with Crippen molar-refractivity contribution in [1.82, 2.24) is 14.9 Å². The number of nitrogen functional groups attached to an aromatic ring is 1. The molecule has 0 spiro atoms. The highest BCUT2D eigenvalue weighted by atomic mass is 16.3. The Kier molecular flexibility index (Phi) is 4.42. The molecule has 0 bridgehead atoms. The maximum absolute atomic E-state index is 9.99. The summed E-state index contributed by atoms with van der Waals surface area (Å²) in [6.07, 6.45) is 0.440. The minimum Gasteiger partial charge on any atom is -0.391 e. The predicted molar refractivity (Wildman–Crippen MR) is 79.6 cm³/mol. The van der Waals surface area contributed by atoms with Crippen molar-refractivity contribution < 1.29 is 5.11 Å². The third kappa shape index (κ3) is 3.00. The highest BCUT2D eigenvalue weighted by Gasteiger charge is 2.33. The van der Waals surface area contributed by atoms with Crippen LogP contribution < -0.4 is 16.2 Å². The Labute approximate surface area is 119 Å². The van der Waals surface area contributed by atoms with Crippen molar-refractivity contribution in [2.24, 2.45) is 5.84 Å². The Morgan fingerprint density at radius 2 is 2.10 bits per heavy atom. The van der Waals surface area contributed by atoms with Crippen LogP contribution in [0.2, 0.25) is 0 Å². The number of hydrogen-bond acceptors (Lipinski definition) is 7. The maximum Gasteiger partial charge on any atom is 0.148 e. The van der Waals surface area contributed by atoms with E-state index in [-0.39, 0.29) is 12.1 Å². The molecular weight excluding hydrogens is 256 g/mol. The molecule has 2 atom stereocenters. The molecule has 2 rings (SSSR count). The quantitative estimate of drug-likeness (QED) is 0.523. The molecule has 112 valence electrons. The molecule has 0 saturated carbocycles. The van der Waals surface area contributed by atoms with E-state index in [0.717, 1.165) is 24.3 Å². The average Bonchev–Trinajstić information content (AvgIpc) is 2.71. The number of nitrogens with zero attached hydrogens (tertiary/aromatic N) is 4. The first-order valence-corrected chi connectivity index (χ1v) is 6.83. The lowest BCUT2D eigenvalue weighted by atomic mass is 10.2. The lowest BCUT2D eigenvalue weighted by Gasteiger charge is -2.29. The van der Waals surface area contributed by atoms with Crippen molar-refractivity contribution in [3.63, 3.8) is 0 Å². The van der Waals surface area contributed by atoms with E-state index in [4.69, 9.17) is 5.84 Å². The van der Waals surface area contributed by atoms with Gasteiger partial charge in [-0.05, 0) is 34.4 Å². The lowest BCUT2D eigenvalue weighted by Crippen LogP contribution is -2.38. The van der Waals surface area contributed by atoms with E-state index in [1.165, 1.54) is 0 Å². The summed E-state index contributed by atoms with van der Waals surface area (Å²) in [5.74, 6) is 7.68. The van der Waals surface area contributed by atoms with E-state index in [0.29, 0.717) is 18.2 Å². The number of aromatic nitrogens is 2. The number of aliphatic hydroxyl groups is 1. The fraction of sp³-hybridized carbons (Fsp3) is 0.692. The van der Waals surface area contributed by atoms with Crippen LogP contribution in [-0.2, 0) is 0 Å². The Balaban J connectivity index is 2.36. The van der Waals surface area contributed by atoms with Crippen molar-refractivity contribution in [3.05, 3.63) is 11.4 Å². The summed E-state index contributed by atoms with van der Waals surface area (Å²) in [6, 6.07) is 0.249. The number of hydrogen-bond donors (Lipinski definition) is 3. The molecule has 0 aliphatic carbocycles. The number of nitrogens with one attached hydrogen (secondary N) is 1. The molecule has 1 aliphatic heterocycles. The van der Waals surface area contributed by atoms with Crippen LogP contribution in [0.4, 0.5) is 11.6 Å². The Hall–Kier alpha value is -1.44. The Morgan fingerprint density at radius 1 is 1.40 bits per heavy atom. The van der Waals surface area contributed by atoms with E-state index < -0.39 is 0 Å². The number of aryl methyl sites for hydroxylation is 1. The topological polar surface area (TPSA) is 90.5 Å². The third-order valence-corrected chi connectivity index (χ3v) is 3.61. The van der Waals surface area contributed by atoms with Crippen LogP contribution in [0.3, 0.4) is 0 Å². The standard InChI is InChI=1S/C13H24N6O/c1-8-12(17-14)15-9(2)16-13(8)19-7-11(20)5-10(19)6-18(3)4/h10-11,20H,5-7,14H2,1-4H3,(H,15,16,17). The molecule has 0 aromatic carbocycles. The number of anilines is 2. The molecule has 1 aliphatic rings. The fourth-order valence-corrected chi connectivity index (χ4v) is 2.78. The summed E-state index contributed by atoms with van der Waals surface area (Å²) in [5.41, 5.74) is 3.53. The summed E-state index contributed by atoms with van der Waals surface area (Å²) in [7, 11) is 4.07. The smallest absolute Gasteiger partial charge is 0.148 e. The predicted octanol–water partition coefficient (Wildman–Crippen LogP) is -0.120. The molecule has 2 heterocycles. The number of aliphatic hydroxyl groups excluding tert-OH is 1. The van der Waals surface area contributed by atoms with Crippen LogP contribution in [0.5, 0.6) is 0 Å². The first-order valence-electron chi connectivity index (χ1n) is 6.83. The molecule has 4 N–H and O–H groups in total. The molecule has 7 heteroatoms. The number of rotatable bonds is 4. The zero-order chi connectivity index (χ0) is 14.9. The van der Waals surface area contributed by atoms with Crippen LogP contribution >= 0.6 is 0 Å². The molecule has 0 amide bonds. The molecule has 20 heavy (non-hydrogen) atoms. The SMILES string of the molecule is Cc1nc(NN)c(C)c(N2CC(O)CC2CN(C)C)n1. The summed E-state index contributed by atoms with van der Waals surface area (Å²) >= 11 is 0. The fourth-order valence-electron chi connectivity index (χ4n) is 2.78. The lowest BCUT2D eigenvalue weighted by molar-refractivity contribution is 0.191. The number of nitrogens with two attached hydrogens (primary N) is 1. The van der Waals surface area contributed by atoms with E-state index in [9.17, 15) is 5.11 Å². The van der Waals surface area contributed by atoms with E-state index >= 15 is 0 Å². The zero-order valence-electron chi connectivity index (χ0n) is 12.6. The van der Waals surface area contributed by atoms with Gasteiger partial charge in [-0.25, -0.2) is 15.8 Å². The van der Waals surface area contributed by atoms with Crippen LogP contribution in [0, 0.1) is 13.8 Å². The van der Waals surface area contributed by atoms with Gasteiger partial charge in [0.1, 0.15) is 17.5 Å². The van der Waals surface area contributed by atoms with Gasteiger partial charge in [-0.1, -0.05) is 0 Å². The highest BCUT2D eigenvalue weighted by molar-refractivity contribution is 5.59. The monoisotopic (exact) mass is 280 g/mol. The molecule has 1 fully saturated rings. The second kappa shape index (κ2) is 5.90. The molecule has 1 aromatic rings. The molecule has 1 saturated heterocycles. The third-order valence-electron chi connectivity index (χ3n) is 3.61. The van der Waals surface area contributed by atoms with Crippen LogP contribution in [0.25, 0.3) is 0 Å². The van der Waals surface area contributed by atoms with Gasteiger partial charge >= 0.3 is 0 Å². The molecular formula is C13H24N6O. The van der Waals surface area contributed by atoms with Crippen LogP contribution in [0.1, 0.15) is 17.8 Å². The first kappa shape index (κ1) is 15.0. The first-order chi connectivity index (χ1) is 9.42. The highest BCUT2D eigenvalue weighted by Crippen LogP contribution is 2.30. The molecule has 2 unspecified atom stereocenters.